The van der Waals surface area contributed by atoms with Crippen LogP contribution in [0.15, 0.2) is 73.3 Å². The van der Waals surface area contributed by atoms with E-state index < -0.39 is 45.8 Å². The molecule has 1 amide bonds. The molecule has 2 aromatic carbocycles. The molecule has 1 unspecified atom stereocenters. The lowest BCUT2D eigenvalue weighted by Gasteiger charge is -2.27. The van der Waals surface area contributed by atoms with Gasteiger partial charge in [0.05, 0.1) is 23.6 Å². The van der Waals surface area contributed by atoms with Crippen LogP contribution in [-0.4, -0.2) is 43.2 Å². The summed E-state index contributed by atoms with van der Waals surface area (Å²) in [6, 6.07) is 16.7. The predicted octanol–water partition coefficient (Wildman–Crippen LogP) is 2.25. The molecule has 1 N–H and O–H groups in total. The molecule has 0 radical (unpaired) electrons. The number of benzene rings is 2. The van der Waals surface area contributed by atoms with Crippen LogP contribution in [-0.2, 0) is 36.7 Å². The van der Waals surface area contributed by atoms with Crippen molar-refractivity contribution >= 4 is 21.9 Å². The van der Waals surface area contributed by atoms with E-state index in [-0.39, 0.29) is 18.9 Å². The zero-order chi connectivity index (χ0) is 22.7. The molecule has 2 aromatic rings. The number of carbonyl (C=O) groups excluding carboxylic acids is 2. The summed E-state index contributed by atoms with van der Waals surface area (Å²) in [5, 5.41) is 3.20. The van der Waals surface area contributed by atoms with Crippen LogP contribution in [0.2, 0.25) is 0 Å². The standard InChI is InChI=1S/C24H26N2O5S/c1-2-9-19-21-22(20(14-25-21)24(28)31-15-17-10-5-3-6-11-17)26(23(19)27)32(29,30)16-18-12-7-4-8-13-18/h2-8,10-13,19-22,25H,1,9,14-16H2/t19-,20?,21-,22+/m1/s1. The number of amides is 1. The van der Waals surface area contributed by atoms with E-state index in [0.29, 0.717) is 12.0 Å². The van der Waals surface area contributed by atoms with Crippen LogP contribution in [0.5, 0.6) is 0 Å². The van der Waals surface area contributed by atoms with Crippen molar-refractivity contribution in [2.75, 3.05) is 6.54 Å². The average molecular weight is 455 g/mol. The maximum absolute atomic E-state index is 13.4. The van der Waals surface area contributed by atoms with Crippen LogP contribution in [0.1, 0.15) is 17.5 Å². The molecule has 2 saturated heterocycles. The Kier molecular flexibility index (Phi) is 6.43. The summed E-state index contributed by atoms with van der Waals surface area (Å²) in [5.74, 6) is -2.68. The van der Waals surface area contributed by atoms with E-state index >= 15 is 0 Å². The van der Waals surface area contributed by atoms with Crippen molar-refractivity contribution in [3.8, 4) is 0 Å². The molecule has 2 aliphatic heterocycles. The summed E-state index contributed by atoms with van der Waals surface area (Å²) in [6.07, 6.45) is 1.94. The van der Waals surface area contributed by atoms with E-state index in [0.717, 1.165) is 9.87 Å². The first-order valence-corrected chi connectivity index (χ1v) is 12.2. The molecular formula is C24H26N2O5S. The average Bonchev–Trinajstić information content (AvgIpc) is 3.32. The molecule has 2 aliphatic rings. The summed E-state index contributed by atoms with van der Waals surface area (Å²) < 4.78 is 33.1. The topological polar surface area (TPSA) is 92.8 Å². The van der Waals surface area contributed by atoms with Crippen molar-refractivity contribution in [3.63, 3.8) is 0 Å². The molecule has 2 heterocycles. The fourth-order valence-electron chi connectivity index (χ4n) is 4.57. The predicted molar refractivity (Wildman–Crippen MR) is 120 cm³/mol. The van der Waals surface area contributed by atoms with Gasteiger partial charge in [0.25, 0.3) is 0 Å². The van der Waals surface area contributed by atoms with Crippen LogP contribution in [0.4, 0.5) is 0 Å². The lowest BCUT2D eigenvalue weighted by molar-refractivity contribution is -0.150. The Balaban J connectivity index is 1.59. The quantitative estimate of drug-likeness (QED) is 0.486. The number of hydrogen-bond acceptors (Lipinski definition) is 6. The zero-order valence-corrected chi connectivity index (χ0v) is 18.4. The van der Waals surface area contributed by atoms with E-state index in [1.165, 1.54) is 0 Å². The Morgan fingerprint density at radius 2 is 1.72 bits per heavy atom. The van der Waals surface area contributed by atoms with Crippen molar-refractivity contribution in [1.82, 2.24) is 9.62 Å². The highest BCUT2D eigenvalue weighted by atomic mass is 32.2. The number of allylic oxidation sites excluding steroid dienone is 1. The minimum atomic E-state index is -4.00. The molecule has 32 heavy (non-hydrogen) atoms. The summed E-state index contributed by atoms with van der Waals surface area (Å²) in [5.41, 5.74) is 1.42. The first-order valence-electron chi connectivity index (χ1n) is 10.6. The van der Waals surface area contributed by atoms with Crippen LogP contribution in [0.25, 0.3) is 0 Å². The lowest BCUT2D eigenvalue weighted by Crippen LogP contribution is -2.46. The molecule has 0 aliphatic carbocycles. The fourth-order valence-corrected chi connectivity index (χ4v) is 6.38. The Morgan fingerprint density at radius 1 is 1.09 bits per heavy atom. The van der Waals surface area contributed by atoms with Gasteiger partial charge in [0, 0.05) is 12.6 Å². The third kappa shape index (κ3) is 4.33. The molecule has 0 saturated carbocycles. The summed E-state index contributed by atoms with van der Waals surface area (Å²) in [6.45, 7) is 4.05. The Bertz CT molecular complexity index is 1090. The van der Waals surface area contributed by atoms with Crippen molar-refractivity contribution in [1.29, 1.82) is 0 Å². The number of esters is 1. The number of rotatable bonds is 8. The van der Waals surface area contributed by atoms with Gasteiger partial charge in [-0.15, -0.1) is 6.58 Å². The molecule has 0 aromatic heterocycles. The van der Waals surface area contributed by atoms with Crippen molar-refractivity contribution in [2.24, 2.45) is 11.8 Å². The maximum atomic E-state index is 13.4. The fraction of sp³-hybridized carbons (Fsp3) is 0.333. The van der Waals surface area contributed by atoms with Gasteiger partial charge in [-0.2, -0.15) is 0 Å². The highest BCUT2D eigenvalue weighted by molar-refractivity contribution is 7.88. The van der Waals surface area contributed by atoms with Gasteiger partial charge < -0.3 is 10.1 Å². The van der Waals surface area contributed by atoms with E-state index in [1.807, 2.05) is 30.3 Å². The third-order valence-corrected chi connectivity index (χ3v) is 7.75. The van der Waals surface area contributed by atoms with Gasteiger partial charge in [0.2, 0.25) is 15.9 Å². The minimum absolute atomic E-state index is 0.0916. The number of hydrogen-bond donors (Lipinski definition) is 1. The van der Waals surface area contributed by atoms with Crippen LogP contribution in [0.3, 0.4) is 0 Å². The highest BCUT2D eigenvalue weighted by Gasteiger charge is 2.59. The van der Waals surface area contributed by atoms with Gasteiger partial charge in [-0.3, -0.25) is 9.59 Å². The number of nitrogens with one attached hydrogen (secondary N) is 1. The molecule has 168 valence electrons. The van der Waals surface area contributed by atoms with Gasteiger partial charge in [-0.25, -0.2) is 12.7 Å². The molecular weight excluding hydrogens is 428 g/mol. The number of fused-ring (bicyclic) bond motifs is 1. The van der Waals surface area contributed by atoms with Gasteiger partial charge in [0.1, 0.15) is 6.61 Å². The highest BCUT2D eigenvalue weighted by Crippen LogP contribution is 2.39. The molecule has 0 bridgehead atoms. The van der Waals surface area contributed by atoms with E-state index in [4.69, 9.17) is 4.74 Å². The molecule has 4 rings (SSSR count). The van der Waals surface area contributed by atoms with Crippen LogP contribution in [0, 0.1) is 11.8 Å². The van der Waals surface area contributed by atoms with Crippen LogP contribution >= 0.6 is 0 Å². The Labute approximate surface area is 188 Å². The van der Waals surface area contributed by atoms with E-state index in [9.17, 15) is 18.0 Å². The summed E-state index contributed by atoms with van der Waals surface area (Å²) in [4.78, 5) is 26.1. The number of ether oxygens (including phenoxy) is 1. The monoisotopic (exact) mass is 454 g/mol. The van der Waals surface area contributed by atoms with Crippen molar-refractivity contribution in [3.05, 3.63) is 84.4 Å². The van der Waals surface area contributed by atoms with Gasteiger partial charge in [0.15, 0.2) is 0 Å². The maximum Gasteiger partial charge on any atom is 0.312 e. The molecule has 0 spiro atoms. The second-order valence-corrected chi connectivity index (χ2v) is 9.98. The van der Waals surface area contributed by atoms with Crippen LogP contribution < -0.4 is 5.32 Å². The minimum Gasteiger partial charge on any atom is -0.461 e. The number of sulfonamides is 1. The number of carbonyl (C=O) groups is 2. The first-order chi connectivity index (χ1) is 15.4. The summed E-state index contributed by atoms with van der Waals surface area (Å²) >= 11 is 0. The number of nitrogens with zero attached hydrogens (tertiary/aromatic N) is 1. The Morgan fingerprint density at radius 3 is 2.34 bits per heavy atom. The smallest absolute Gasteiger partial charge is 0.312 e. The molecule has 7 nitrogen and oxygen atoms in total. The summed E-state index contributed by atoms with van der Waals surface area (Å²) in [7, 11) is -4.00. The second-order valence-electron chi connectivity index (χ2n) is 8.13. The van der Waals surface area contributed by atoms with E-state index in [1.54, 1.807) is 36.4 Å². The molecule has 4 atom stereocenters. The van der Waals surface area contributed by atoms with Crippen molar-refractivity contribution in [2.45, 2.75) is 30.9 Å². The first kappa shape index (κ1) is 22.2. The third-order valence-electron chi connectivity index (χ3n) is 6.03. The lowest BCUT2D eigenvalue weighted by atomic mass is 9.93. The largest absolute Gasteiger partial charge is 0.461 e. The van der Waals surface area contributed by atoms with E-state index in [2.05, 4.69) is 11.9 Å². The zero-order valence-electron chi connectivity index (χ0n) is 17.6. The molecule has 2 fully saturated rings. The normalized spacial score (nSPS) is 24.9. The van der Waals surface area contributed by atoms with Gasteiger partial charge >= 0.3 is 5.97 Å². The SMILES string of the molecule is C=CC[C@H]1C(=O)N(S(=O)(=O)Cc2ccccc2)[C@H]2C(C(=O)OCc3ccccc3)CN[C@H]12. The second kappa shape index (κ2) is 9.26. The van der Waals surface area contributed by atoms with Gasteiger partial charge in [-0.05, 0) is 17.5 Å². The van der Waals surface area contributed by atoms with Gasteiger partial charge in [-0.1, -0.05) is 66.7 Å². The molecule has 8 heteroatoms. The van der Waals surface area contributed by atoms with Crippen molar-refractivity contribution < 1.29 is 22.7 Å². The Hall–Kier alpha value is -2.97.